The zero-order valence-corrected chi connectivity index (χ0v) is 11.6. The lowest BCUT2D eigenvalue weighted by molar-refractivity contribution is -0.118. The van der Waals surface area contributed by atoms with Gasteiger partial charge in [-0.25, -0.2) is 0 Å². The van der Waals surface area contributed by atoms with E-state index < -0.39 is 0 Å². The molecule has 0 unspecified atom stereocenters. The van der Waals surface area contributed by atoms with Gasteiger partial charge in [0.2, 0.25) is 5.89 Å². The molecule has 0 amide bonds. The summed E-state index contributed by atoms with van der Waals surface area (Å²) in [7, 11) is 0. The van der Waals surface area contributed by atoms with E-state index in [1.165, 1.54) is 11.1 Å². The van der Waals surface area contributed by atoms with E-state index in [9.17, 15) is 4.79 Å². The van der Waals surface area contributed by atoms with Crippen LogP contribution in [-0.2, 0) is 24.1 Å². The summed E-state index contributed by atoms with van der Waals surface area (Å²) < 4.78 is 5.21. The van der Waals surface area contributed by atoms with Crippen LogP contribution in [0.1, 0.15) is 48.5 Å². The van der Waals surface area contributed by atoms with Gasteiger partial charge in [-0.05, 0) is 30.4 Å². The minimum Gasteiger partial charge on any atom is -0.339 e. The highest BCUT2D eigenvalue weighted by Gasteiger charge is 2.26. The number of carbonyl (C=O) groups is 1. The Hall–Kier alpha value is -1.97. The summed E-state index contributed by atoms with van der Waals surface area (Å²) in [6.07, 6.45) is 3.61. The zero-order valence-electron chi connectivity index (χ0n) is 11.6. The Kier molecular flexibility index (Phi) is 3.63. The van der Waals surface area contributed by atoms with Crippen LogP contribution in [0, 0.1) is 0 Å². The molecule has 0 radical (unpaired) electrons. The number of hydrogen-bond donors (Lipinski definition) is 0. The van der Waals surface area contributed by atoms with E-state index in [0.29, 0.717) is 12.3 Å². The van der Waals surface area contributed by atoms with Crippen molar-refractivity contribution in [3.8, 4) is 0 Å². The van der Waals surface area contributed by atoms with E-state index in [-0.39, 0.29) is 18.1 Å². The van der Waals surface area contributed by atoms with Crippen molar-refractivity contribution in [1.29, 1.82) is 0 Å². The van der Waals surface area contributed by atoms with Crippen LogP contribution in [0.3, 0.4) is 0 Å². The molecular formula is C16H18N2O2. The van der Waals surface area contributed by atoms with E-state index >= 15 is 0 Å². The number of aromatic nitrogens is 2. The molecule has 0 aliphatic heterocycles. The number of benzene rings is 1. The average Bonchev–Trinajstić information content (AvgIpc) is 3.04. The molecule has 20 heavy (non-hydrogen) atoms. The lowest BCUT2D eigenvalue weighted by Crippen LogP contribution is -2.04. The predicted octanol–water partition coefficient (Wildman–Crippen LogP) is 2.86. The van der Waals surface area contributed by atoms with Gasteiger partial charge in [0.15, 0.2) is 5.82 Å². The number of rotatable bonds is 5. The molecule has 0 spiro atoms. The third kappa shape index (κ3) is 2.64. The smallest absolute Gasteiger partial charge is 0.234 e. The van der Waals surface area contributed by atoms with Crippen molar-refractivity contribution in [2.45, 2.75) is 44.9 Å². The van der Waals surface area contributed by atoms with E-state index in [1.807, 2.05) is 6.92 Å². The Morgan fingerprint density at radius 3 is 2.65 bits per heavy atom. The van der Waals surface area contributed by atoms with Gasteiger partial charge in [-0.15, -0.1) is 0 Å². The molecule has 0 N–H and O–H groups in total. The van der Waals surface area contributed by atoms with Crippen LogP contribution >= 0.6 is 0 Å². The third-order valence-electron chi connectivity index (χ3n) is 3.78. The molecule has 1 aliphatic rings. The summed E-state index contributed by atoms with van der Waals surface area (Å²) in [6.45, 7) is 1.99. The fraction of sp³-hybridized carbons (Fsp3) is 0.438. The average molecular weight is 270 g/mol. The molecular weight excluding hydrogens is 252 g/mol. The Morgan fingerprint density at radius 2 is 2.00 bits per heavy atom. The summed E-state index contributed by atoms with van der Waals surface area (Å²) in [5.74, 6) is 1.64. The third-order valence-corrected chi connectivity index (χ3v) is 3.78. The van der Waals surface area contributed by atoms with Crippen LogP contribution in [0.2, 0.25) is 0 Å². The Bertz CT molecular complexity index is 593. The first-order chi connectivity index (χ1) is 9.76. The van der Waals surface area contributed by atoms with Crippen molar-refractivity contribution in [2.24, 2.45) is 0 Å². The number of fused-ring (bicyclic) bond motifs is 1. The summed E-state index contributed by atoms with van der Waals surface area (Å²) >= 11 is 0. The molecule has 0 saturated heterocycles. The van der Waals surface area contributed by atoms with Gasteiger partial charge in [0.1, 0.15) is 5.78 Å². The van der Waals surface area contributed by atoms with Gasteiger partial charge in [-0.1, -0.05) is 36.3 Å². The summed E-state index contributed by atoms with van der Waals surface area (Å²) in [5.41, 5.74) is 2.73. The second kappa shape index (κ2) is 5.57. The Morgan fingerprint density at radius 1 is 1.30 bits per heavy atom. The summed E-state index contributed by atoms with van der Waals surface area (Å²) in [6, 6.07) is 8.43. The molecule has 2 aromatic rings. The van der Waals surface area contributed by atoms with Gasteiger partial charge < -0.3 is 4.52 Å². The lowest BCUT2D eigenvalue weighted by atomic mass is 10.1. The van der Waals surface area contributed by atoms with E-state index in [2.05, 4.69) is 34.4 Å². The largest absolute Gasteiger partial charge is 0.339 e. The minimum absolute atomic E-state index is 0.164. The molecule has 0 atom stereocenters. The first kappa shape index (κ1) is 13.0. The summed E-state index contributed by atoms with van der Waals surface area (Å²) in [5, 5.41) is 4.06. The monoisotopic (exact) mass is 270 g/mol. The molecule has 1 aliphatic carbocycles. The second-order valence-corrected chi connectivity index (χ2v) is 5.39. The van der Waals surface area contributed by atoms with Gasteiger partial charge >= 0.3 is 0 Å². The lowest BCUT2D eigenvalue weighted by Gasteiger charge is -2.00. The van der Waals surface area contributed by atoms with E-state index in [0.717, 1.165) is 25.1 Å². The standard InChI is InChI=1S/C16H18N2O2/c1-2-5-14(19)10-15-17-16(18-20-15)13-8-11-6-3-4-7-12(11)9-13/h3-4,6-7,13H,2,5,8-10H2,1H3. The van der Waals surface area contributed by atoms with Gasteiger partial charge in [0.25, 0.3) is 0 Å². The normalized spacial score (nSPS) is 14.4. The van der Waals surface area contributed by atoms with Crippen molar-refractivity contribution < 1.29 is 9.32 Å². The Labute approximate surface area is 118 Å². The molecule has 0 saturated carbocycles. The maximum Gasteiger partial charge on any atom is 0.234 e. The van der Waals surface area contributed by atoms with Crippen molar-refractivity contribution in [3.05, 3.63) is 47.1 Å². The van der Waals surface area contributed by atoms with Crippen LogP contribution in [0.4, 0.5) is 0 Å². The molecule has 0 bridgehead atoms. The molecule has 104 valence electrons. The van der Waals surface area contributed by atoms with Gasteiger partial charge in [-0.3, -0.25) is 4.79 Å². The number of ketones is 1. The van der Waals surface area contributed by atoms with Crippen LogP contribution in [0.15, 0.2) is 28.8 Å². The fourth-order valence-electron chi connectivity index (χ4n) is 2.78. The van der Waals surface area contributed by atoms with Crippen molar-refractivity contribution in [3.63, 3.8) is 0 Å². The van der Waals surface area contributed by atoms with Crippen LogP contribution in [-0.4, -0.2) is 15.9 Å². The molecule has 3 rings (SSSR count). The fourth-order valence-corrected chi connectivity index (χ4v) is 2.78. The second-order valence-electron chi connectivity index (χ2n) is 5.39. The first-order valence-electron chi connectivity index (χ1n) is 7.17. The molecule has 0 fully saturated rings. The van der Waals surface area contributed by atoms with Crippen LogP contribution in [0.5, 0.6) is 0 Å². The molecule has 1 heterocycles. The van der Waals surface area contributed by atoms with Gasteiger partial charge in [-0.2, -0.15) is 4.98 Å². The maximum atomic E-state index is 11.6. The minimum atomic E-state index is 0.164. The Balaban J connectivity index is 1.68. The SMILES string of the molecule is CCCC(=O)Cc1nc(C2Cc3ccccc3C2)no1. The number of hydrogen-bond acceptors (Lipinski definition) is 4. The summed E-state index contributed by atoms with van der Waals surface area (Å²) in [4.78, 5) is 16.0. The number of Topliss-reactive ketones (excluding diaryl/α,β-unsaturated/α-hetero) is 1. The van der Waals surface area contributed by atoms with E-state index in [4.69, 9.17) is 4.52 Å². The van der Waals surface area contributed by atoms with Gasteiger partial charge in [0, 0.05) is 12.3 Å². The van der Waals surface area contributed by atoms with Crippen molar-refractivity contribution in [2.75, 3.05) is 0 Å². The molecule has 1 aromatic heterocycles. The van der Waals surface area contributed by atoms with E-state index in [1.54, 1.807) is 0 Å². The molecule has 4 nitrogen and oxygen atoms in total. The molecule has 4 heteroatoms. The quantitative estimate of drug-likeness (QED) is 0.838. The molecule has 1 aromatic carbocycles. The van der Waals surface area contributed by atoms with Crippen molar-refractivity contribution >= 4 is 5.78 Å². The van der Waals surface area contributed by atoms with Crippen LogP contribution in [0.25, 0.3) is 0 Å². The maximum absolute atomic E-state index is 11.6. The highest BCUT2D eigenvalue weighted by atomic mass is 16.5. The highest BCUT2D eigenvalue weighted by Crippen LogP contribution is 2.32. The van der Waals surface area contributed by atoms with Gasteiger partial charge in [0.05, 0.1) is 6.42 Å². The highest BCUT2D eigenvalue weighted by molar-refractivity contribution is 5.79. The predicted molar refractivity (Wildman–Crippen MR) is 74.5 cm³/mol. The van der Waals surface area contributed by atoms with Crippen LogP contribution < -0.4 is 0 Å². The van der Waals surface area contributed by atoms with Crippen molar-refractivity contribution in [1.82, 2.24) is 10.1 Å². The zero-order chi connectivity index (χ0) is 13.9. The topological polar surface area (TPSA) is 56.0 Å². The first-order valence-corrected chi connectivity index (χ1v) is 7.17. The number of carbonyl (C=O) groups excluding carboxylic acids is 1. The number of nitrogens with zero attached hydrogens (tertiary/aromatic N) is 2.